The van der Waals surface area contributed by atoms with Crippen LogP contribution in [0.3, 0.4) is 0 Å². The SMILES string of the molecule is CCCc1nnc(NC(=O)[C@@H]2COc3ccccc3O2)s1. The van der Waals surface area contributed by atoms with Gasteiger partial charge in [-0.15, -0.1) is 10.2 Å². The number of aryl methyl sites for hydroxylation is 1. The molecule has 2 aromatic rings. The summed E-state index contributed by atoms with van der Waals surface area (Å²) in [6.07, 6.45) is 1.18. The molecule has 0 radical (unpaired) electrons. The van der Waals surface area contributed by atoms with Crippen molar-refractivity contribution in [3.05, 3.63) is 29.3 Å². The van der Waals surface area contributed by atoms with Gasteiger partial charge in [-0.05, 0) is 18.6 Å². The molecule has 0 aliphatic carbocycles. The van der Waals surface area contributed by atoms with Gasteiger partial charge >= 0.3 is 0 Å². The lowest BCUT2D eigenvalue weighted by atomic mass is 10.2. The summed E-state index contributed by atoms with van der Waals surface area (Å²) < 4.78 is 11.2. The second kappa shape index (κ2) is 6.09. The number of rotatable bonds is 4. The molecule has 21 heavy (non-hydrogen) atoms. The van der Waals surface area contributed by atoms with E-state index in [9.17, 15) is 4.79 Å². The summed E-state index contributed by atoms with van der Waals surface area (Å²) in [7, 11) is 0. The van der Waals surface area contributed by atoms with E-state index in [4.69, 9.17) is 9.47 Å². The maximum Gasteiger partial charge on any atom is 0.270 e. The molecule has 1 aromatic carbocycles. The number of nitrogens with zero attached hydrogens (tertiary/aromatic N) is 2. The number of amides is 1. The molecule has 0 fully saturated rings. The van der Waals surface area contributed by atoms with Crippen molar-refractivity contribution in [3.8, 4) is 11.5 Å². The third-order valence-corrected chi connectivity index (χ3v) is 3.86. The highest BCUT2D eigenvalue weighted by Gasteiger charge is 2.27. The largest absolute Gasteiger partial charge is 0.485 e. The molecule has 0 saturated heterocycles. The maximum atomic E-state index is 12.2. The van der Waals surface area contributed by atoms with Gasteiger partial charge in [-0.1, -0.05) is 30.4 Å². The Hall–Kier alpha value is -2.15. The van der Waals surface area contributed by atoms with Crippen molar-refractivity contribution in [2.24, 2.45) is 0 Å². The van der Waals surface area contributed by atoms with E-state index in [0.717, 1.165) is 17.8 Å². The van der Waals surface area contributed by atoms with Gasteiger partial charge in [0.15, 0.2) is 11.5 Å². The number of ether oxygens (including phenoxy) is 2. The number of aromatic nitrogens is 2. The zero-order chi connectivity index (χ0) is 14.7. The van der Waals surface area contributed by atoms with Crippen LogP contribution in [0.2, 0.25) is 0 Å². The fraction of sp³-hybridized carbons (Fsp3) is 0.357. The highest BCUT2D eigenvalue weighted by atomic mass is 32.1. The van der Waals surface area contributed by atoms with Crippen LogP contribution >= 0.6 is 11.3 Å². The van der Waals surface area contributed by atoms with Gasteiger partial charge in [-0.3, -0.25) is 10.1 Å². The zero-order valence-corrected chi connectivity index (χ0v) is 12.4. The van der Waals surface area contributed by atoms with Crippen LogP contribution < -0.4 is 14.8 Å². The summed E-state index contributed by atoms with van der Waals surface area (Å²) in [6, 6.07) is 7.29. The first kappa shape index (κ1) is 13.8. The Kier molecular flexibility index (Phi) is 4.01. The van der Waals surface area contributed by atoms with Crippen molar-refractivity contribution in [3.63, 3.8) is 0 Å². The fourth-order valence-electron chi connectivity index (χ4n) is 1.95. The molecule has 0 unspecified atom stereocenters. The van der Waals surface area contributed by atoms with Crippen molar-refractivity contribution in [1.82, 2.24) is 10.2 Å². The number of anilines is 1. The van der Waals surface area contributed by atoms with E-state index < -0.39 is 6.10 Å². The number of fused-ring (bicyclic) bond motifs is 1. The van der Waals surface area contributed by atoms with E-state index in [2.05, 4.69) is 22.4 Å². The molecule has 6 nitrogen and oxygen atoms in total. The number of hydrogen-bond acceptors (Lipinski definition) is 6. The highest BCUT2D eigenvalue weighted by molar-refractivity contribution is 7.15. The molecule has 0 bridgehead atoms. The summed E-state index contributed by atoms with van der Waals surface area (Å²) >= 11 is 1.38. The molecule has 0 spiro atoms. The lowest BCUT2D eigenvalue weighted by Crippen LogP contribution is -2.40. The molecular formula is C14H15N3O3S. The van der Waals surface area contributed by atoms with Crippen LogP contribution in [-0.2, 0) is 11.2 Å². The second-order valence-corrected chi connectivity index (χ2v) is 5.67. The topological polar surface area (TPSA) is 73.3 Å². The van der Waals surface area contributed by atoms with Crippen LogP contribution in [-0.4, -0.2) is 28.8 Å². The van der Waals surface area contributed by atoms with Crippen molar-refractivity contribution >= 4 is 22.4 Å². The molecule has 3 rings (SSSR count). The molecule has 1 aromatic heterocycles. The summed E-state index contributed by atoms with van der Waals surface area (Å²) in [5.41, 5.74) is 0. The summed E-state index contributed by atoms with van der Waals surface area (Å²) in [5.74, 6) is 0.958. The van der Waals surface area contributed by atoms with Gasteiger partial charge in [0.25, 0.3) is 5.91 Å². The van der Waals surface area contributed by atoms with E-state index >= 15 is 0 Å². The van der Waals surface area contributed by atoms with E-state index in [0.29, 0.717) is 16.6 Å². The van der Waals surface area contributed by atoms with Gasteiger partial charge in [-0.2, -0.15) is 0 Å². The first-order valence-electron chi connectivity index (χ1n) is 6.78. The molecule has 1 atom stereocenters. The Balaban J connectivity index is 1.63. The lowest BCUT2D eigenvalue weighted by Gasteiger charge is -2.25. The molecule has 1 aliphatic rings. The van der Waals surface area contributed by atoms with Crippen molar-refractivity contribution in [2.45, 2.75) is 25.9 Å². The number of carbonyl (C=O) groups is 1. The van der Waals surface area contributed by atoms with Gasteiger partial charge < -0.3 is 9.47 Å². The number of para-hydroxylation sites is 2. The molecular weight excluding hydrogens is 290 g/mol. The average molecular weight is 305 g/mol. The maximum absolute atomic E-state index is 12.2. The minimum Gasteiger partial charge on any atom is -0.485 e. The Morgan fingerprint density at radius 1 is 1.38 bits per heavy atom. The van der Waals surface area contributed by atoms with Gasteiger partial charge in [0, 0.05) is 6.42 Å². The summed E-state index contributed by atoms with van der Waals surface area (Å²) in [5, 5.41) is 12.1. The quantitative estimate of drug-likeness (QED) is 0.938. The van der Waals surface area contributed by atoms with E-state index in [-0.39, 0.29) is 12.5 Å². The highest BCUT2D eigenvalue weighted by Crippen LogP contribution is 2.31. The minimum atomic E-state index is -0.682. The Bertz CT molecular complexity index is 644. The number of carbonyl (C=O) groups excluding carboxylic acids is 1. The first-order valence-corrected chi connectivity index (χ1v) is 7.59. The third-order valence-electron chi connectivity index (χ3n) is 2.96. The standard InChI is InChI=1S/C14H15N3O3S/c1-2-5-12-16-17-14(21-12)15-13(18)11-8-19-9-6-3-4-7-10(9)20-11/h3-4,6-7,11H,2,5,8H2,1H3,(H,15,17,18)/t11-/m0/s1. The van der Waals surface area contributed by atoms with Gasteiger partial charge in [0.2, 0.25) is 11.2 Å². The van der Waals surface area contributed by atoms with E-state index in [1.165, 1.54) is 11.3 Å². The monoisotopic (exact) mass is 305 g/mol. The summed E-state index contributed by atoms with van der Waals surface area (Å²) in [4.78, 5) is 12.2. The first-order chi connectivity index (χ1) is 10.3. The van der Waals surface area contributed by atoms with Crippen molar-refractivity contribution in [2.75, 3.05) is 11.9 Å². The second-order valence-electron chi connectivity index (χ2n) is 4.60. The Morgan fingerprint density at radius 3 is 3.00 bits per heavy atom. The van der Waals surface area contributed by atoms with Crippen LogP contribution in [0.1, 0.15) is 18.4 Å². The third kappa shape index (κ3) is 3.13. The Morgan fingerprint density at radius 2 is 2.19 bits per heavy atom. The minimum absolute atomic E-state index is 0.184. The van der Waals surface area contributed by atoms with Crippen molar-refractivity contribution < 1.29 is 14.3 Å². The predicted octanol–water partition coefficient (Wildman–Crippen LogP) is 2.27. The number of benzene rings is 1. The van der Waals surface area contributed by atoms with E-state index in [1.54, 1.807) is 6.07 Å². The average Bonchev–Trinajstić information content (AvgIpc) is 2.94. The molecule has 1 aliphatic heterocycles. The number of hydrogen-bond donors (Lipinski definition) is 1. The van der Waals surface area contributed by atoms with Gasteiger partial charge in [0.1, 0.15) is 11.6 Å². The van der Waals surface area contributed by atoms with Crippen LogP contribution in [0.25, 0.3) is 0 Å². The van der Waals surface area contributed by atoms with Gasteiger partial charge in [0.05, 0.1) is 0 Å². The molecule has 7 heteroatoms. The van der Waals surface area contributed by atoms with Crippen LogP contribution in [0.4, 0.5) is 5.13 Å². The molecule has 110 valence electrons. The van der Waals surface area contributed by atoms with Crippen LogP contribution in [0.15, 0.2) is 24.3 Å². The fourth-order valence-corrected chi connectivity index (χ4v) is 2.80. The smallest absolute Gasteiger partial charge is 0.270 e. The normalized spacial score (nSPS) is 16.5. The van der Waals surface area contributed by atoms with Crippen molar-refractivity contribution in [1.29, 1.82) is 0 Å². The zero-order valence-electron chi connectivity index (χ0n) is 11.5. The lowest BCUT2D eigenvalue weighted by molar-refractivity contribution is -0.125. The van der Waals surface area contributed by atoms with E-state index in [1.807, 2.05) is 18.2 Å². The summed E-state index contributed by atoms with van der Waals surface area (Å²) in [6.45, 7) is 2.26. The molecule has 1 amide bonds. The van der Waals surface area contributed by atoms with Crippen LogP contribution in [0.5, 0.6) is 11.5 Å². The predicted molar refractivity (Wildman–Crippen MR) is 78.9 cm³/mol. The van der Waals surface area contributed by atoms with Crippen LogP contribution in [0, 0.1) is 0 Å². The Labute approximate surface area is 126 Å². The number of nitrogens with one attached hydrogen (secondary N) is 1. The molecule has 2 heterocycles. The molecule has 1 N–H and O–H groups in total. The molecule has 0 saturated carbocycles. The van der Waals surface area contributed by atoms with Gasteiger partial charge in [-0.25, -0.2) is 0 Å².